The molecule has 0 aromatic heterocycles. The molecule has 2 N–H and O–H groups in total. The summed E-state index contributed by atoms with van der Waals surface area (Å²) in [6.45, 7) is 6.79. The summed E-state index contributed by atoms with van der Waals surface area (Å²) in [5.41, 5.74) is 0.920. The van der Waals surface area contributed by atoms with Gasteiger partial charge in [0.05, 0.1) is 0 Å². The van der Waals surface area contributed by atoms with Crippen LogP contribution >= 0.6 is 12.2 Å². The number of benzene rings is 1. The maximum absolute atomic E-state index is 5.60. The van der Waals surface area contributed by atoms with Gasteiger partial charge in [-0.1, -0.05) is 13.3 Å². The number of nitrogens with one attached hydrogen (secondary N) is 2. The fourth-order valence-corrected chi connectivity index (χ4v) is 3.82. The lowest BCUT2D eigenvalue weighted by molar-refractivity contribution is 0.143. The first-order chi connectivity index (χ1) is 12.3. The van der Waals surface area contributed by atoms with Gasteiger partial charge in [0.2, 0.25) is 0 Å². The molecular formula is C19H29N3O2S. The molecule has 0 bridgehead atoms. The van der Waals surface area contributed by atoms with Crippen molar-refractivity contribution in [2.45, 2.75) is 45.1 Å². The summed E-state index contributed by atoms with van der Waals surface area (Å²) >= 11 is 5.40. The number of piperidine rings is 1. The Morgan fingerprint density at radius 2 is 2.08 bits per heavy atom. The first-order valence-corrected chi connectivity index (χ1v) is 9.85. The SMILES string of the molecule is CCC1CCCCN1CCCNC(=S)Nc1ccc2c(c1)OCCO2. The molecule has 5 nitrogen and oxygen atoms in total. The molecule has 0 saturated carbocycles. The van der Waals surface area contributed by atoms with Crippen LogP contribution < -0.4 is 20.1 Å². The van der Waals surface area contributed by atoms with Crippen molar-refractivity contribution in [1.29, 1.82) is 0 Å². The first-order valence-electron chi connectivity index (χ1n) is 9.45. The number of anilines is 1. The average molecular weight is 364 g/mol. The van der Waals surface area contributed by atoms with E-state index in [1.807, 2.05) is 18.2 Å². The van der Waals surface area contributed by atoms with Crippen molar-refractivity contribution < 1.29 is 9.47 Å². The maximum Gasteiger partial charge on any atom is 0.170 e. The molecule has 2 heterocycles. The lowest BCUT2D eigenvalue weighted by Gasteiger charge is -2.35. The van der Waals surface area contributed by atoms with Gasteiger partial charge in [0.15, 0.2) is 16.6 Å². The predicted molar refractivity (Wildman–Crippen MR) is 106 cm³/mol. The molecule has 1 aromatic carbocycles. The monoisotopic (exact) mass is 363 g/mol. The van der Waals surface area contributed by atoms with Crippen LogP contribution in [0.1, 0.15) is 39.0 Å². The van der Waals surface area contributed by atoms with Crippen molar-refractivity contribution in [3.8, 4) is 11.5 Å². The van der Waals surface area contributed by atoms with E-state index >= 15 is 0 Å². The van der Waals surface area contributed by atoms with Gasteiger partial charge >= 0.3 is 0 Å². The Morgan fingerprint density at radius 1 is 1.24 bits per heavy atom. The van der Waals surface area contributed by atoms with Crippen LogP contribution in [0.4, 0.5) is 5.69 Å². The van der Waals surface area contributed by atoms with Gasteiger partial charge < -0.3 is 25.0 Å². The van der Waals surface area contributed by atoms with Crippen molar-refractivity contribution in [2.24, 2.45) is 0 Å². The van der Waals surface area contributed by atoms with Crippen molar-refractivity contribution in [2.75, 3.05) is 38.2 Å². The van der Waals surface area contributed by atoms with E-state index in [9.17, 15) is 0 Å². The van der Waals surface area contributed by atoms with E-state index in [0.29, 0.717) is 18.3 Å². The summed E-state index contributed by atoms with van der Waals surface area (Å²) in [5, 5.41) is 7.18. The smallest absolute Gasteiger partial charge is 0.170 e. The fourth-order valence-electron chi connectivity index (χ4n) is 3.60. The Morgan fingerprint density at radius 3 is 2.92 bits per heavy atom. The Hall–Kier alpha value is -1.53. The number of rotatable bonds is 6. The third-order valence-corrected chi connectivity index (χ3v) is 5.17. The molecule has 138 valence electrons. The van der Waals surface area contributed by atoms with Crippen molar-refractivity contribution in [1.82, 2.24) is 10.2 Å². The molecule has 1 saturated heterocycles. The molecular weight excluding hydrogens is 334 g/mol. The van der Waals surface area contributed by atoms with Gasteiger partial charge in [0, 0.05) is 30.9 Å². The van der Waals surface area contributed by atoms with Crippen LogP contribution in [0.15, 0.2) is 18.2 Å². The fraction of sp³-hybridized carbons (Fsp3) is 0.632. The molecule has 0 spiro atoms. The minimum absolute atomic E-state index is 0.592. The highest BCUT2D eigenvalue weighted by molar-refractivity contribution is 7.80. The Bertz CT molecular complexity index is 582. The van der Waals surface area contributed by atoms with Crippen LogP contribution in [0.5, 0.6) is 11.5 Å². The lowest BCUT2D eigenvalue weighted by Crippen LogP contribution is -2.40. The second-order valence-electron chi connectivity index (χ2n) is 6.69. The normalized spacial score (nSPS) is 20.1. The summed E-state index contributed by atoms with van der Waals surface area (Å²) in [4.78, 5) is 2.64. The van der Waals surface area contributed by atoms with E-state index in [-0.39, 0.29) is 0 Å². The summed E-state index contributed by atoms with van der Waals surface area (Å²) in [5.74, 6) is 1.57. The van der Waals surface area contributed by atoms with E-state index in [1.54, 1.807) is 0 Å². The second-order valence-corrected chi connectivity index (χ2v) is 7.09. The van der Waals surface area contributed by atoms with E-state index < -0.39 is 0 Å². The standard InChI is InChI=1S/C19H29N3O2S/c1-2-16-6-3-4-10-22(16)11-5-9-20-19(25)21-15-7-8-17-18(14-15)24-13-12-23-17/h7-8,14,16H,2-6,9-13H2,1H3,(H2,20,21,25). The molecule has 6 heteroatoms. The number of fused-ring (bicyclic) bond motifs is 1. The first kappa shape index (κ1) is 18.3. The van der Waals surface area contributed by atoms with E-state index in [1.165, 1.54) is 32.2 Å². The van der Waals surface area contributed by atoms with Gasteiger partial charge in [-0.3, -0.25) is 0 Å². The molecule has 0 radical (unpaired) electrons. The molecule has 2 aliphatic rings. The van der Waals surface area contributed by atoms with Crippen LogP contribution in [0.25, 0.3) is 0 Å². The van der Waals surface area contributed by atoms with Gasteiger partial charge in [-0.25, -0.2) is 0 Å². The Balaban J connectivity index is 1.38. The molecule has 1 fully saturated rings. The molecule has 1 atom stereocenters. The zero-order chi connectivity index (χ0) is 17.5. The molecule has 25 heavy (non-hydrogen) atoms. The van der Waals surface area contributed by atoms with Crippen LogP contribution in [0.3, 0.4) is 0 Å². The summed E-state index contributed by atoms with van der Waals surface area (Å²) in [6, 6.07) is 6.58. The number of hydrogen-bond donors (Lipinski definition) is 2. The van der Waals surface area contributed by atoms with E-state index in [2.05, 4.69) is 22.5 Å². The second kappa shape index (κ2) is 9.25. The van der Waals surface area contributed by atoms with Gasteiger partial charge in [-0.2, -0.15) is 0 Å². The number of nitrogens with zero attached hydrogens (tertiary/aromatic N) is 1. The number of likely N-dealkylation sites (tertiary alicyclic amines) is 1. The molecule has 3 rings (SSSR count). The summed E-state index contributed by atoms with van der Waals surface area (Å²) in [6.07, 6.45) is 6.45. The minimum Gasteiger partial charge on any atom is -0.486 e. The lowest BCUT2D eigenvalue weighted by atomic mass is 10.00. The highest BCUT2D eigenvalue weighted by atomic mass is 32.1. The zero-order valence-electron chi connectivity index (χ0n) is 15.1. The number of thiocarbonyl (C=S) groups is 1. The van der Waals surface area contributed by atoms with Crippen LogP contribution in [-0.4, -0.2) is 48.9 Å². The number of hydrogen-bond acceptors (Lipinski definition) is 4. The third kappa shape index (κ3) is 5.22. The average Bonchev–Trinajstić information content (AvgIpc) is 2.65. The molecule has 2 aliphatic heterocycles. The third-order valence-electron chi connectivity index (χ3n) is 4.93. The van der Waals surface area contributed by atoms with Crippen molar-refractivity contribution in [3.05, 3.63) is 18.2 Å². The van der Waals surface area contributed by atoms with Gasteiger partial charge in [0.25, 0.3) is 0 Å². The zero-order valence-corrected chi connectivity index (χ0v) is 15.9. The van der Waals surface area contributed by atoms with E-state index in [0.717, 1.165) is 42.7 Å². The van der Waals surface area contributed by atoms with Crippen LogP contribution in [0, 0.1) is 0 Å². The van der Waals surface area contributed by atoms with Crippen LogP contribution in [0.2, 0.25) is 0 Å². The Labute approximate surface area is 156 Å². The molecule has 1 unspecified atom stereocenters. The summed E-state index contributed by atoms with van der Waals surface area (Å²) in [7, 11) is 0. The molecule has 0 amide bonds. The molecule has 0 aliphatic carbocycles. The van der Waals surface area contributed by atoms with Gasteiger partial charge in [-0.15, -0.1) is 0 Å². The maximum atomic E-state index is 5.60. The highest BCUT2D eigenvalue weighted by Crippen LogP contribution is 2.32. The van der Waals surface area contributed by atoms with Crippen LogP contribution in [-0.2, 0) is 0 Å². The minimum atomic E-state index is 0.592. The molecule has 1 aromatic rings. The summed E-state index contributed by atoms with van der Waals surface area (Å²) < 4.78 is 11.1. The number of ether oxygens (including phenoxy) is 2. The van der Waals surface area contributed by atoms with E-state index in [4.69, 9.17) is 21.7 Å². The quantitative estimate of drug-likeness (QED) is 0.597. The van der Waals surface area contributed by atoms with Gasteiger partial charge in [0.1, 0.15) is 13.2 Å². The highest BCUT2D eigenvalue weighted by Gasteiger charge is 2.19. The Kier molecular flexibility index (Phi) is 6.76. The van der Waals surface area contributed by atoms with Crippen molar-refractivity contribution in [3.63, 3.8) is 0 Å². The predicted octanol–water partition coefficient (Wildman–Crippen LogP) is 3.40. The van der Waals surface area contributed by atoms with Gasteiger partial charge in [-0.05, 0) is 56.6 Å². The largest absolute Gasteiger partial charge is 0.486 e. The van der Waals surface area contributed by atoms with Crippen molar-refractivity contribution >= 4 is 23.0 Å². The topological polar surface area (TPSA) is 45.8 Å².